The number of carbonyl (C=O) groups is 1. The van der Waals surface area contributed by atoms with Crippen molar-refractivity contribution in [2.24, 2.45) is 0 Å². The van der Waals surface area contributed by atoms with Crippen LogP contribution in [-0.2, 0) is 0 Å². The number of rotatable bonds is 3. The highest BCUT2D eigenvalue weighted by Crippen LogP contribution is 2.14. The number of amides is 2. The highest BCUT2D eigenvalue weighted by Gasteiger charge is 2.10. The molecule has 1 aromatic rings. The molecule has 18 heavy (non-hydrogen) atoms. The van der Waals surface area contributed by atoms with E-state index in [2.05, 4.69) is 41.7 Å². The Labute approximate surface area is 108 Å². The van der Waals surface area contributed by atoms with Crippen molar-refractivity contribution < 1.29 is 4.79 Å². The molecule has 0 bridgehead atoms. The van der Waals surface area contributed by atoms with E-state index in [0.717, 1.165) is 5.82 Å². The molecule has 100 valence electrons. The maximum Gasteiger partial charge on any atom is 0.319 e. The lowest BCUT2D eigenvalue weighted by atomic mass is 10.1. The second-order valence-electron chi connectivity index (χ2n) is 5.56. The fourth-order valence-corrected chi connectivity index (χ4v) is 1.36. The summed E-state index contributed by atoms with van der Waals surface area (Å²) >= 11 is 0. The minimum Gasteiger partial charge on any atom is -0.365 e. The first-order valence-electron chi connectivity index (χ1n) is 6.08. The van der Waals surface area contributed by atoms with Gasteiger partial charge in [0.25, 0.3) is 0 Å². The van der Waals surface area contributed by atoms with Crippen molar-refractivity contribution in [3.8, 4) is 0 Å². The molecule has 0 unspecified atom stereocenters. The Morgan fingerprint density at radius 2 is 1.94 bits per heavy atom. The zero-order valence-electron chi connectivity index (χ0n) is 11.7. The fraction of sp³-hybridized carbons (Fsp3) is 0.538. The van der Waals surface area contributed by atoms with Gasteiger partial charge in [0, 0.05) is 11.6 Å². The van der Waals surface area contributed by atoms with E-state index >= 15 is 0 Å². The summed E-state index contributed by atoms with van der Waals surface area (Å²) in [5, 5.41) is 8.73. The molecule has 0 spiro atoms. The van der Waals surface area contributed by atoms with Crippen LogP contribution in [0.4, 0.5) is 16.3 Å². The number of carbonyl (C=O) groups excluding carboxylic acids is 1. The molecule has 1 heterocycles. The number of nitrogens with zero attached hydrogens (tertiary/aromatic N) is 1. The Kier molecular flexibility index (Phi) is 4.53. The molecule has 5 nitrogen and oxygen atoms in total. The third kappa shape index (κ3) is 5.52. The smallest absolute Gasteiger partial charge is 0.319 e. The van der Waals surface area contributed by atoms with E-state index in [0.29, 0.717) is 5.69 Å². The quantitative estimate of drug-likeness (QED) is 0.772. The molecule has 0 aliphatic carbocycles. The lowest BCUT2D eigenvalue weighted by Crippen LogP contribution is -2.34. The van der Waals surface area contributed by atoms with Crippen LogP contribution in [0.2, 0.25) is 0 Å². The summed E-state index contributed by atoms with van der Waals surface area (Å²) < 4.78 is 0. The summed E-state index contributed by atoms with van der Waals surface area (Å²) in [5.41, 5.74) is 0.643. The van der Waals surface area contributed by atoms with Crippen LogP contribution in [0.5, 0.6) is 0 Å². The first-order chi connectivity index (χ1) is 8.26. The maximum absolute atomic E-state index is 11.5. The monoisotopic (exact) mass is 250 g/mol. The lowest BCUT2D eigenvalue weighted by Gasteiger charge is -2.21. The van der Waals surface area contributed by atoms with Crippen LogP contribution >= 0.6 is 0 Å². The minimum atomic E-state index is -0.219. The van der Waals surface area contributed by atoms with Crippen LogP contribution < -0.4 is 16.0 Å². The molecule has 5 heteroatoms. The van der Waals surface area contributed by atoms with Gasteiger partial charge in [0.2, 0.25) is 0 Å². The third-order valence-corrected chi connectivity index (χ3v) is 1.94. The summed E-state index contributed by atoms with van der Waals surface area (Å²) in [7, 11) is 0. The number of anilines is 2. The first-order valence-corrected chi connectivity index (χ1v) is 6.08. The van der Waals surface area contributed by atoms with Gasteiger partial charge in [-0.3, -0.25) is 0 Å². The van der Waals surface area contributed by atoms with E-state index in [9.17, 15) is 4.79 Å². The summed E-state index contributed by atoms with van der Waals surface area (Å²) in [6.07, 6.45) is 1.63. The third-order valence-electron chi connectivity index (χ3n) is 1.94. The molecule has 1 rings (SSSR count). The van der Waals surface area contributed by atoms with Crippen molar-refractivity contribution in [1.29, 1.82) is 0 Å². The molecule has 3 N–H and O–H groups in total. The first kappa shape index (κ1) is 14.3. The van der Waals surface area contributed by atoms with Crippen LogP contribution in [0, 0.1) is 0 Å². The SMILES string of the molecule is CC(C)NC(=O)Nc1ccc(NC(C)(C)C)nc1. The molecule has 0 aliphatic heterocycles. The number of aromatic nitrogens is 1. The van der Waals surface area contributed by atoms with Crippen LogP contribution in [-0.4, -0.2) is 22.6 Å². The van der Waals surface area contributed by atoms with Gasteiger partial charge in [-0.1, -0.05) is 0 Å². The standard InChI is InChI=1S/C13H22N4O/c1-9(2)15-12(18)16-10-6-7-11(14-8-10)17-13(3,4)5/h6-9H,1-5H3,(H,14,17)(H2,15,16,18). The zero-order chi connectivity index (χ0) is 13.8. The molecule has 0 saturated carbocycles. The summed E-state index contributed by atoms with van der Waals surface area (Å²) in [6.45, 7) is 10.0. The van der Waals surface area contributed by atoms with Gasteiger partial charge in [-0.25, -0.2) is 9.78 Å². The van der Waals surface area contributed by atoms with Crippen molar-refractivity contribution in [2.45, 2.75) is 46.2 Å². The van der Waals surface area contributed by atoms with Crippen molar-refractivity contribution in [1.82, 2.24) is 10.3 Å². The van der Waals surface area contributed by atoms with E-state index < -0.39 is 0 Å². The topological polar surface area (TPSA) is 66.1 Å². The zero-order valence-corrected chi connectivity index (χ0v) is 11.7. The van der Waals surface area contributed by atoms with E-state index in [-0.39, 0.29) is 17.6 Å². The predicted octanol–water partition coefficient (Wildman–Crippen LogP) is 2.82. The summed E-state index contributed by atoms with van der Waals surface area (Å²) in [6, 6.07) is 3.56. The molecule has 0 aliphatic rings. The van der Waals surface area contributed by atoms with Gasteiger partial charge in [0.15, 0.2) is 0 Å². The van der Waals surface area contributed by atoms with Crippen LogP contribution in [0.15, 0.2) is 18.3 Å². The number of pyridine rings is 1. The van der Waals surface area contributed by atoms with Gasteiger partial charge in [-0.15, -0.1) is 0 Å². The Hall–Kier alpha value is -1.78. The number of nitrogens with one attached hydrogen (secondary N) is 3. The molecule has 0 saturated heterocycles. The Morgan fingerprint density at radius 1 is 1.28 bits per heavy atom. The van der Waals surface area contributed by atoms with E-state index in [1.54, 1.807) is 6.20 Å². The van der Waals surface area contributed by atoms with Gasteiger partial charge in [-0.2, -0.15) is 0 Å². The largest absolute Gasteiger partial charge is 0.365 e. The highest BCUT2D eigenvalue weighted by molar-refractivity contribution is 5.89. The average molecular weight is 250 g/mol. The average Bonchev–Trinajstić information content (AvgIpc) is 2.17. The fourth-order valence-electron chi connectivity index (χ4n) is 1.36. The molecule has 0 radical (unpaired) electrons. The second-order valence-corrected chi connectivity index (χ2v) is 5.56. The molecular weight excluding hydrogens is 228 g/mol. The van der Waals surface area contributed by atoms with E-state index in [4.69, 9.17) is 0 Å². The van der Waals surface area contributed by atoms with Gasteiger partial charge >= 0.3 is 6.03 Å². The molecule has 0 fully saturated rings. The second kappa shape index (κ2) is 5.71. The van der Waals surface area contributed by atoms with Crippen molar-refractivity contribution in [3.05, 3.63) is 18.3 Å². The number of hydrogen-bond donors (Lipinski definition) is 3. The Bertz CT molecular complexity index is 392. The van der Waals surface area contributed by atoms with Crippen LogP contribution in [0.1, 0.15) is 34.6 Å². The van der Waals surface area contributed by atoms with Crippen molar-refractivity contribution in [2.75, 3.05) is 10.6 Å². The molecule has 0 aromatic carbocycles. The lowest BCUT2D eigenvalue weighted by molar-refractivity contribution is 0.250. The molecular formula is C13H22N4O. The molecule has 1 aromatic heterocycles. The highest BCUT2D eigenvalue weighted by atomic mass is 16.2. The maximum atomic E-state index is 11.5. The van der Waals surface area contributed by atoms with Gasteiger partial charge in [-0.05, 0) is 46.8 Å². The van der Waals surface area contributed by atoms with Gasteiger partial charge in [0.1, 0.15) is 5.82 Å². The van der Waals surface area contributed by atoms with Crippen molar-refractivity contribution in [3.63, 3.8) is 0 Å². The normalized spacial score (nSPS) is 11.2. The van der Waals surface area contributed by atoms with Gasteiger partial charge < -0.3 is 16.0 Å². The summed E-state index contributed by atoms with van der Waals surface area (Å²) in [5.74, 6) is 0.789. The molecule has 0 atom stereocenters. The van der Waals surface area contributed by atoms with Crippen LogP contribution in [0.25, 0.3) is 0 Å². The number of hydrogen-bond acceptors (Lipinski definition) is 3. The Morgan fingerprint density at radius 3 is 2.39 bits per heavy atom. The van der Waals surface area contributed by atoms with E-state index in [1.807, 2.05) is 26.0 Å². The summed E-state index contributed by atoms with van der Waals surface area (Å²) in [4.78, 5) is 15.7. The minimum absolute atomic E-state index is 0.0308. The van der Waals surface area contributed by atoms with Crippen molar-refractivity contribution >= 4 is 17.5 Å². The Balaban J connectivity index is 2.58. The number of urea groups is 1. The van der Waals surface area contributed by atoms with Crippen LogP contribution in [0.3, 0.4) is 0 Å². The van der Waals surface area contributed by atoms with Gasteiger partial charge in [0.05, 0.1) is 11.9 Å². The molecule has 2 amide bonds. The predicted molar refractivity (Wildman–Crippen MR) is 74.9 cm³/mol. The van der Waals surface area contributed by atoms with E-state index in [1.165, 1.54) is 0 Å².